The summed E-state index contributed by atoms with van der Waals surface area (Å²) in [5.41, 5.74) is 2.67. The Balaban J connectivity index is 1.64. The van der Waals surface area contributed by atoms with E-state index in [1.54, 1.807) is 0 Å². The molecular weight excluding hydrogens is 442 g/mol. The van der Waals surface area contributed by atoms with Crippen molar-refractivity contribution < 1.29 is 14.4 Å². The number of hydrogen-bond donors (Lipinski definition) is 4. The lowest BCUT2D eigenvalue weighted by atomic mass is 9.98. The molecule has 3 rings (SSSR count). The first-order chi connectivity index (χ1) is 16.8. The largest absolute Gasteiger partial charge is 0.376 e. The van der Waals surface area contributed by atoms with Gasteiger partial charge in [-0.15, -0.1) is 0 Å². The number of carbonyl (C=O) groups excluding carboxylic acids is 3. The van der Waals surface area contributed by atoms with Gasteiger partial charge in [0.2, 0.25) is 17.7 Å². The molecule has 1 aromatic carbocycles. The summed E-state index contributed by atoms with van der Waals surface area (Å²) in [5.74, 6) is -0.348. The minimum Gasteiger partial charge on any atom is -0.376 e. The summed E-state index contributed by atoms with van der Waals surface area (Å²) in [4.78, 5) is 40.1. The van der Waals surface area contributed by atoms with Crippen LogP contribution < -0.4 is 21.3 Å². The standard InChI is InChI=1S/C27H39N5O3/c1-5-25(33)29-16-20-9-8-10-21(15-20)17-30-26(34)24-14-13-22-11-6-7-12-23(27(35)32(22)24)31-19(3)18(2)28-4/h5,8-10,15,18,22-24,28,31H,1,3,6-7,11-14,16-17H2,2,4H3,(H,29,33)(H,30,34)/t18-,22-,23-,24-/m0/s1. The van der Waals surface area contributed by atoms with E-state index in [9.17, 15) is 14.4 Å². The van der Waals surface area contributed by atoms with Crippen LogP contribution in [0.2, 0.25) is 0 Å². The smallest absolute Gasteiger partial charge is 0.245 e. The van der Waals surface area contributed by atoms with Crippen LogP contribution in [-0.2, 0) is 27.5 Å². The maximum Gasteiger partial charge on any atom is 0.245 e. The first-order valence-electron chi connectivity index (χ1n) is 12.5. The predicted molar refractivity (Wildman–Crippen MR) is 137 cm³/mol. The van der Waals surface area contributed by atoms with Crippen molar-refractivity contribution in [2.24, 2.45) is 0 Å². The van der Waals surface area contributed by atoms with E-state index in [1.807, 2.05) is 43.1 Å². The molecule has 2 heterocycles. The quantitative estimate of drug-likeness (QED) is 0.384. The van der Waals surface area contributed by atoms with Gasteiger partial charge in [-0.1, -0.05) is 50.3 Å². The molecule has 3 amide bonds. The molecule has 8 nitrogen and oxygen atoms in total. The second-order valence-electron chi connectivity index (χ2n) is 9.47. The summed E-state index contributed by atoms with van der Waals surface area (Å²) in [7, 11) is 1.86. The lowest BCUT2D eigenvalue weighted by Gasteiger charge is -2.36. The Labute approximate surface area is 208 Å². The molecule has 0 radical (unpaired) electrons. The molecule has 2 saturated heterocycles. The molecule has 35 heavy (non-hydrogen) atoms. The average Bonchev–Trinajstić information content (AvgIpc) is 3.29. The highest BCUT2D eigenvalue weighted by Gasteiger charge is 2.43. The third-order valence-corrected chi connectivity index (χ3v) is 7.06. The van der Waals surface area contributed by atoms with E-state index in [4.69, 9.17) is 0 Å². The molecule has 2 fully saturated rings. The molecule has 0 bridgehead atoms. The first-order valence-corrected chi connectivity index (χ1v) is 12.5. The number of amides is 3. The monoisotopic (exact) mass is 481 g/mol. The van der Waals surface area contributed by atoms with Crippen LogP contribution in [0.15, 0.2) is 49.2 Å². The fraction of sp³-hybridized carbons (Fsp3) is 0.519. The molecule has 2 aliphatic heterocycles. The van der Waals surface area contributed by atoms with Crippen LogP contribution in [0.3, 0.4) is 0 Å². The third kappa shape index (κ3) is 6.94. The van der Waals surface area contributed by atoms with E-state index >= 15 is 0 Å². The highest BCUT2D eigenvalue weighted by molar-refractivity contribution is 5.91. The van der Waals surface area contributed by atoms with Crippen LogP contribution in [0.5, 0.6) is 0 Å². The summed E-state index contributed by atoms with van der Waals surface area (Å²) in [6.07, 6.45) is 6.47. The van der Waals surface area contributed by atoms with E-state index in [0.29, 0.717) is 19.5 Å². The van der Waals surface area contributed by atoms with Gasteiger partial charge < -0.3 is 26.2 Å². The molecule has 1 aromatic rings. The Bertz CT molecular complexity index is 946. The van der Waals surface area contributed by atoms with Crippen LogP contribution in [0, 0.1) is 0 Å². The molecule has 0 saturated carbocycles. The highest BCUT2D eigenvalue weighted by atomic mass is 16.2. The lowest BCUT2D eigenvalue weighted by Crippen LogP contribution is -2.56. The molecule has 0 spiro atoms. The van der Waals surface area contributed by atoms with E-state index < -0.39 is 6.04 Å². The van der Waals surface area contributed by atoms with Crippen molar-refractivity contribution in [1.29, 1.82) is 0 Å². The Hall–Kier alpha value is -3.13. The number of fused-ring (bicyclic) bond motifs is 1. The Morgan fingerprint density at radius 3 is 2.49 bits per heavy atom. The summed E-state index contributed by atoms with van der Waals surface area (Å²) in [6.45, 7) is 10.3. The topological polar surface area (TPSA) is 103 Å². The van der Waals surface area contributed by atoms with Crippen LogP contribution in [0.1, 0.15) is 56.6 Å². The molecule has 0 unspecified atom stereocenters. The molecule has 0 aliphatic carbocycles. The lowest BCUT2D eigenvalue weighted by molar-refractivity contribution is -0.142. The first kappa shape index (κ1) is 26.5. The highest BCUT2D eigenvalue weighted by Crippen LogP contribution is 2.31. The molecular formula is C27H39N5O3. The minimum absolute atomic E-state index is 0.00300. The fourth-order valence-corrected chi connectivity index (χ4v) is 4.86. The van der Waals surface area contributed by atoms with Crippen LogP contribution in [0.4, 0.5) is 0 Å². The van der Waals surface area contributed by atoms with Crippen molar-refractivity contribution in [3.63, 3.8) is 0 Å². The van der Waals surface area contributed by atoms with E-state index in [1.165, 1.54) is 6.08 Å². The predicted octanol–water partition coefficient (Wildman–Crippen LogP) is 2.12. The van der Waals surface area contributed by atoms with Gasteiger partial charge in [-0.3, -0.25) is 14.4 Å². The number of hydrogen-bond acceptors (Lipinski definition) is 5. The maximum atomic E-state index is 13.6. The van der Waals surface area contributed by atoms with Crippen molar-refractivity contribution in [1.82, 2.24) is 26.2 Å². The van der Waals surface area contributed by atoms with Gasteiger partial charge in [-0.05, 0) is 56.9 Å². The van der Waals surface area contributed by atoms with Crippen LogP contribution in [-0.4, -0.2) is 53.8 Å². The molecule has 4 atom stereocenters. The molecule has 8 heteroatoms. The zero-order valence-electron chi connectivity index (χ0n) is 20.9. The zero-order chi connectivity index (χ0) is 25.4. The fourth-order valence-electron chi connectivity index (χ4n) is 4.86. The summed E-state index contributed by atoms with van der Waals surface area (Å²) >= 11 is 0. The van der Waals surface area contributed by atoms with Crippen LogP contribution in [0.25, 0.3) is 0 Å². The summed E-state index contributed by atoms with van der Waals surface area (Å²) < 4.78 is 0. The Morgan fingerprint density at radius 1 is 1.11 bits per heavy atom. The molecule has 0 aromatic heterocycles. The molecule has 190 valence electrons. The van der Waals surface area contributed by atoms with Gasteiger partial charge in [0.25, 0.3) is 0 Å². The molecule has 4 N–H and O–H groups in total. The van der Waals surface area contributed by atoms with E-state index in [0.717, 1.165) is 48.9 Å². The normalized spacial score (nSPS) is 22.9. The van der Waals surface area contributed by atoms with Crippen LogP contribution >= 0.6 is 0 Å². The van der Waals surface area contributed by atoms with Crippen molar-refractivity contribution >= 4 is 17.7 Å². The van der Waals surface area contributed by atoms with Gasteiger partial charge in [0.15, 0.2) is 0 Å². The SMILES string of the molecule is C=CC(=O)NCc1cccc(CNC(=O)[C@@H]2CC[C@@H]3CCCC[C@H](NC(=C)[C@H](C)NC)C(=O)N32)c1. The van der Waals surface area contributed by atoms with Gasteiger partial charge in [0.1, 0.15) is 12.1 Å². The molecule has 2 aliphatic rings. The number of benzene rings is 1. The second kappa shape index (κ2) is 12.5. The van der Waals surface area contributed by atoms with E-state index in [-0.39, 0.29) is 35.8 Å². The van der Waals surface area contributed by atoms with Crippen molar-refractivity contribution in [3.8, 4) is 0 Å². The van der Waals surface area contributed by atoms with Crippen molar-refractivity contribution in [3.05, 3.63) is 60.3 Å². The van der Waals surface area contributed by atoms with Gasteiger partial charge in [0, 0.05) is 30.9 Å². The van der Waals surface area contributed by atoms with E-state index in [2.05, 4.69) is 34.4 Å². The van der Waals surface area contributed by atoms with Crippen molar-refractivity contribution in [2.75, 3.05) is 7.05 Å². The average molecular weight is 482 g/mol. The van der Waals surface area contributed by atoms with Gasteiger partial charge in [0.05, 0.1) is 0 Å². The Morgan fingerprint density at radius 2 is 1.80 bits per heavy atom. The second-order valence-corrected chi connectivity index (χ2v) is 9.47. The number of carbonyl (C=O) groups is 3. The summed E-state index contributed by atoms with van der Waals surface area (Å²) in [6, 6.07) is 7.04. The number of rotatable bonds is 10. The Kier molecular flexibility index (Phi) is 9.48. The number of nitrogens with one attached hydrogen (secondary N) is 4. The summed E-state index contributed by atoms with van der Waals surface area (Å²) in [5, 5.41) is 12.3. The van der Waals surface area contributed by atoms with Gasteiger partial charge in [-0.2, -0.15) is 0 Å². The third-order valence-electron chi connectivity index (χ3n) is 7.06. The minimum atomic E-state index is -0.458. The van der Waals surface area contributed by atoms with Gasteiger partial charge >= 0.3 is 0 Å². The number of likely N-dealkylation sites (N-methyl/N-ethyl adjacent to an activating group) is 1. The zero-order valence-corrected chi connectivity index (χ0v) is 20.9. The van der Waals surface area contributed by atoms with Crippen molar-refractivity contribution in [2.45, 2.75) is 82.7 Å². The maximum absolute atomic E-state index is 13.6. The number of nitrogens with zero attached hydrogens (tertiary/aromatic N) is 1. The van der Waals surface area contributed by atoms with Gasteiger partial charge in [-0.25, -0.2) is 0 Å².